The molecule has 76 valence electrons. The lowest BCUT2D eigenvalue weighted by molar-refractivity contribution is 0.543. The van der Waals surface area contributed by atoms with Crippen LogP contribution in [0.1, 0.15) is 32.3 Å². The van der Waals surface area contributed by atoms with Gasteiger partial charge in [-0.1, -0.05) is 18.2 Å². The summed E-state index contributed by atoms with van der Waals surface area (Å²) in [5.74, 6) is 0. The third kappa shape index (κ3) is 2.31. The van der Waals surface area contributed by atoms with Crippen molar-refractivity contribution < 1.29 is 0 Å². The average Bonchev–Trinajstić information content (AvgIpc) is 2.87. The Balaban J connectivity index is 2.27. The minimum absolute atomic E-state index is 0.224. The van der Waals surface area contributed by atoms with Crippen molar-refractivity contribution in [2.45, 2.75) is 42.4 Å². The van der Waals surface area contributed by atoms with Gasteiger partial charge in [-0.25, -0.2) is 0 Å². The van der Waals surface area contributed by atoms with Crippen LogP contribution in [0.15, 0.2) is 29.2 Å². The van der Waals surface area contributed by atoms with E-state index in [1.165, 1.54) is 23.3 Å². The first kappa shape index (κ1) is 10.1. The molecular formula is C12H17NS. The summed E-state index contributed by atoms with van der Waals surface area (Å²) in [6.07, 6.45) is 2.73. The normalized spacial score (nSPS) is 17.1. The van der Waals surface area contributed by atoms with E-state index in [1.807, 2.05) is 11.8 Å². The van der Waals surface area contributed by atoms with Gasteiger partial charge >= 0.3 is 0 Å². The molecule has 0 spiro atoms. The maximum atomic E-state index is 6.14. The number of hydrogen-bond acceptors (Lipinski definition) is 2. The molecule has 2 heteroatoms. The summed E-state index contributed by atoms with van der Waals surface area (Å²) < 4.78 is 0. The van der Waals surface area contributed by atoms with Crippen molar-refractivity contribution in [1.29, 1.82) is 0 Å². The molecule has 1 aromatic rings. The maximum Gasteiger partial charge on any atom is 0.0363 e. The van der Waals surface area contributed by atoms with Crippen molar-refractivity contribution in [3.05, 3.63) is 29.8 Å². The van der Waals surface area contributed by atoms with Crippen LogP contribution in [-0.2, 0) is 5.54 Å². The zero-order chi connectivity index (χ0) is 10.2. The summed E-state index contributed by atoms with van der Waals surface area (Å²) in [7, 11) is 0. The molecule has 0 unspecified atom stereocenters. The van der Waals surface area contributed by atoms with E-state index in [1.54, 1.807) is 0 Å². The molecule has 0 bridgehead atoms. The zero-order valence-electron chi connectivity index (χ0n) is 8.79. The van der Waals surface area contributed by atoms with Crippen LogP contribution in [0.3, 0.4) is 0 Å². The van der Waals surface area contributed by atoms with Gasteiger partial charge in [-0.3, -0.25) is 0 Å². The van der Waals surface area contributed by atoms with Gasteiger partial charge in [0.2, 0.25) is 0 Å². The summed E-state index contributed by atoms with van der Waals surface area (Å²) in [6, 6.07) is 8.50. The van der Waals surface area contributed by atoms with E-state index in [9.17, 15) is 0 Å². The van der Waals surface area contributed by atoms with E-state index in [4.69, 9.17) is 5.73 Å². The van der Waals surface area contributed by atoms with Gasteiger partial charge in [0.25, 0.3) is 0 Å². The van der Waals surface area contributed by atoms with Gasteiger partial charge in [0.15, 0.2) is 0 Å². The molecule has 0 aliphatic heterocycles. The van der Waals surface area contributed by atoms with Gasteiger partial charge in [-0.05, 0) is 38.3 Å². The van der Waals surface area contributed by atoms with E-state index >= 15 is 0 Å². The molecule has 2 N–H and O–H groups in total. The first-order valence-corrected chi connectivity index (χ1v) is 6.00. The number of rotatable bonds is 3. The van der Waals surface area contributed by atoms with Gasteiger partial charge in [0.1, 0.15) is 0 Å². The van der Waals surface area contributed by atoms with Crippen molar-refractivity contribution in [3.8, 4) is 0 Å². The van der Waals surface area contributed by atoms with Crippen molar-refractivity contribution in [1.82, 2.24) is 0 Å². The first-order chi connectivity index (χ1) is 6.57. The highest BCUT2D eigenvalue weighted by atomic mass is 32.2. The second-order valence-corrected chi connectivity index (χ2v) is 5.88. The van der Waals surface area contributed by atoms with E-state index in [0.29, 0.717) is 0 Å². The van der Waals surface area contributed by atoms with Crippen LogP contribution in [0.4, 0.5) is 0 Å². The summed E-state index contributed by atoms with van der Waals surface area (Å²) >= 11 is 1.98. The number of benzene rings is 1. The van der Waals surface area contributed by atoms with Crippen molar-refractivity contribution >= 4 is 11.8 Å². The molecule has 0 aromatic heterocycles. The van der Waals surface area contributed by atoms with Gasteiger partial charge in [-0.15, -0.1) is 11.8 Å². The molecule has 0 atom stereocenters. The predicted molar refractivity (Wildman–Crippen MR) is 62.5 cm³/mol. The van der Waals surface area contributed by atoms with Crippen LogP contribution < -0.4 is 5.73 Å². The Morgan fingerprint density at radius 3 is 2.50 bits per heavy atom. The molecule has 1 nitrogen and oxygen atoms in total. The lowest BCUT2D eigenvalue weighted by atomic mass is 9.96. The molecule has 1 saturated carbocycles. The summed E-state index contributed by atoms with van der Waals surface area (Å²) in [6.45, 7) is 4.14. The Morgan fingerprint density at radius 1 is 1.29 bits per heavy atom. The van der Waals surface area contributed by atoms with Gasteiger partial charge in [-0.2, -0.15) is 0 Å². The topological polar surface area (TPSA) is 26.0 Å². The molecule has 2 rings (SSSR count). The zero-order valence-corrected chi connectivity index (χ0v) is 9.60. The quantitative estimate of drug-likeness (QED) is 0.824. The fourth-order valence-electron chi connectivity index (χ4n) is 1.47. The molecule has 1 aliphatic rings. The molecule has 0 amide bonds. The first-order valence-electron chi connectivity index (χ1n) is 5.12. The Kier molecular flexibility index (Phi) is 2.58. The Morgan fingerprint density at radius 2 is 1.93 bits per heavy atom. The molecule has 0 saturated heterocycles. The second kappa shape index (κ2) is 3.59. The van der Waals surface area contributed by atoms with Crippen LogP contribution >= 0.6 is 11.8 Å². The van der Waals surface area contributed by atoms with Crippen molar-refractivity contribution in [2.24, 2.45) is 5.73 Å². The van der Waals surface area contributed by atoms with Crippen LogP contribution in [0, 0.1) is 0 Å². The molecule has 1 aliphatic carbocycles. The maximum absolute atomic E-state index is 6.14. The average molecular weight is 207 g/mol. The predicted octanol–water partition coefficient (Wildman–Crippen LogP) is 3.13. The standard InChI is InChI=1S/C12H17NS/c1-12(2,13)10-5-3-4-6-11(10)14-9-7-8-9/h3-6,9H,7-8,13H2,1-2H3. The molecule has 14 heavy (non-hydrogen) atoms. The Bertz CT molecular complexity index is 323. The largest absolute Gasteiger partial charge is 0.322 e. The summed E-state index contributed by atoms with van der Waals surface area (Å²) in [4.78, 5) is 1.36. The van der Waals surface area contributed by atoms with Gasteiger partial charge < -0.3 is 5.73 Å². The highest BCUT2D eigenvalue weighted by Gasteiger charge is 2.26. The highest BCUT2D eigenvalue weighted by molar-refractivity contribution is 8.00. The lowest BCUT2D eigenvalue weighted by Gasteiger charge is -2.22. The molecule has 0 radical (unpaired) electrons. The molecular weight excluding hydrogens is 190 g/mol. The van der Waals surface area contributed by atoms with Crippen molar-refractivity contribution in [3.63, 3.8) is 0 Å². The van der Waals surface area contributed by atoms with Crippen molar-refractivity contribution in [2.75, 3.05) is 0 Å². The number of hydrogen-bond donors (Lipinski definition) is 1. The monoisotopic (exact) mass is 207 g/mol. The Hall–Kier alpha value is -0.470. The second-order valence-electron chi connectivity index (χ2n) is 4.54. The summed E-state index contributed by atoms with van der Waals surface area (Å²) in [5.41, 5.74) is 7.19. The van der Waals surface area contributed by atoms with E-state index < -0.39 is 0 Å². The fourth-order valence-corrected chi connectivity index (χ4v) is 2.81. The smallest absolute Gasteiger partial charge is 0.0363 e. The van der Waals surface area contributed by atoms with Gasteiger partial charge in [0, 0.05) is 15.7 Å². The molecule has 0 heterocycles. The third-order valence-corrected chi connectivity index (χ3v) is 3.81. The molecule has 1 aromatic carbocycles. The number of thioether (sulfide) groups is 1. The van der Waals surface area contributed by atoms with Crippen LogP contribution in [0.25, 0.3) is 0 Å². The van der Waals surface area contributed by atoms with Crippen LogP contribution in [0.5, 0.6) is 0 Å². The highest BCUT2D eigenvalue weighted by Crippen LogP contribution is 2.41. The SMILES string of the molecule is CC(C)(N)c1ccccc1SC1CC1. The van der Waals surface area contributed by atoms with E-state index in [-0.39, 0.29) is 5.54 Å². The molecule has 1 fully saturated rings. The third-order valence-electron chi connectivity index (χ3n) is 2.40. The van der Waals surface area contributed by atoms with E-state index in [2.05, 4.69) is 38.1 Å². The minimum atomic E-state index is -0.224. The Labute approximate surface area is 90.1 Å². The van der Waals surface area contributed by atoms with Crippen LogP contribution in [0.2, 0.25) is 0 Å². The van der Waals surface area contributed by atoms with Crippen LogP contribution in [-0.4, -0.2) is 5.25 Å². The fraction of sp³-hybridized carbons (Fsp3) is 0.500. The number of nitrogens with two attached hydrogens (primary N) is 1. The van der Waals surface area contributed by atoms with Gasteiger partial charge in [0.05, 0.1) is 0 Å². The minimum Gasteiger partial charge on any atom is -0.322 e. The summed E-state index contributed by atoms with van der Waals surface area (Å²) in [5, 5.41) is 0.846. The lowest BCUT2D eigenvalue weighted by Crippen LogP contribution is -2.29. The van der Waals surface area contributed by atoms with E-state index in [0.717, 1.165) is 5.25 Å².